The van der Waals surface area contributed by atoms with Gasteiger partial charge in [0.1, 0.15) is 6.61 Å². The maximum absolute atomic E-state index is 12.6. The first-order valence-electron chi connectivity index (χ1n) is 11.4. The summed E-state index contributed by atoms with van der Waals surface area (Å²) >= 11 is 6.10. The molecule has 2 atom stereocenters. The van der Waals surface area contributed by atoms with E-state index >= 15 is 0 Å². The number of benzene rings is 3. The van der Waals surface area contributed by atoms with Gasteiger partial charge in [-0.1, -0.05) is 78.3 Å². The Hall–Kier alpha value is -3.19. The van der Waals surface area contributed by atoms with Crippen molar-refractivity contribution in [3.63, 3.8) is 0 Å². The van der Waals surface area contributed by atoms with Crippen LogP contribution in [0, 0.1) is 5.41 Å². The number of carboxylic acids is 1. The van der Waals surface area contributed by atoms with Gasteiger partial charge in [-0.2, -0.15) is 0 Å². The second-order valence-corrected chi connectivity index (χ2v) is 9.32. The van der Waals surface area contributed by atoms with E-state index in [1.807, 2.05) is 78.9 Å². The van der Waals surface area contributed by atoms with E-state index in [0.29, 0.717) is 18.1 Å². The highest BCUT2D eigenvalue weighted by molar-refractivity contribution is 6.30. The Morgan fingerprint density at radius 2 is 1.69 bits per heavy atom. The first kappa shape index (κ1) is 26.4. The minimum absolute atomic E-state index is 0.0688. The van der Waals surface area contributed by atoms with E-state index in [1.54, 1.807) is 0 Å². The van der Waals surface area contributed by atoms with Gasteiger partial charge in [0.25, 0.3) is 0 Å². The zero-order chi connectivity index (χ0) is 25.3. The summed E-state index contributed by atoms with van der Waals surface area (Å²) in [5.74, 6) is -1.46. The second kappa shape index (κ2) is 12.5. The lowest BCUT2D eigenvalue weighted by atomic mass is 9.82. The largest absolute Gasteiger partial charge is 0.481 e. The van der Waals surface area contributed by atoms with Crippen LogP contribution in [0.1, 0.15) is 24.5 Å². The summed E-state index contributed by atoms with van der Waals surface area (Å²) in [6, 6.07) is 24.4. The van der Waals surface area contributed by atoms with Gasteiger partial charge >= 0.3 is 5.97 Å². The summed E-state index contributed by atoms with van der Waals surface area (Å²) in [6.45, 7) is 1.09. The number of aliphatic hydroxyl groups is 1. The fourth-order valence-electron chi connectivity index (χ4n) is 3.83. The number of aliphatic hydroxyl groups excluding tert-OH is 1. The second-order valence-electron chi connectivity index (χ2n) is 8.88. The Morgan fingerprint density at radius 1 is 0.971 bits per heavy atom. The summed E-state index contributed by atoms with van der Waals surface area (Å²) in [6.07, 6.45) is 0.475. The average molecular weight is 496 g/mol. The first-order chi connectivity index (χ1) is 16.8. The molecule has 0 saturated carbocycles. The van der Waals surface area contributed by atoms with E-state index < -0.39 is 24.0 Å². The lowest BCUT2D eigenvalue weighted by molar-refractivity contribution is -0.151. The van der Waals surface area contributed by atoms with Gasteiger partial charge in [-0.15, -0.1) is 0 Å². The van der Waals surface area contributed by atoms with Gasteiger partial charge in [0.2, 0.25) is 5.91 Å². The maximum atomic E-state index is 12.6. The molecule has 0 aliphatic rings. The van der Waals surface area contributed by atoms with Crippen molar-refractivity contribution in [1.82, 2.24) is 5.32 Å². The Labute approximate surface area is 210 Å². The molecule has 0 aliphatic carbocycles. The fourth-order valence-corrected chi connectivity index (χ4v) is 4.02. The number of ether oxygens (including phenoxy) is 1. The van der Waals surface area contributed by atoms with Crippen LogP contribution in [0.4, 0.5) is 0 Å². The highest BCUT2D eigenvalue weighted by Gasteiger charge is 2.35. The number of hydrogen-bond acceptors (Lipinski definition) is 4. The SMILES string of the molecule is C[C@@](CO)(C[C@@H](Cc1ccc(-c2cccc(Cl)c2)cc1)NC(=O)COCc1ccccc1)C(=O)O. The van der Waals surface area contributed by atoms with Crippen LogP contribution < -0.4 is 5.32 Å². The number of amides is 1. The van der Waals surface area contributed by atoms with Crippen LogP contribution in [0.5, 0.6) is 0 Å². The fraction of sp³-hybridized carbons (Fsp3) is 0.286. The maximum Gasteiger partial charge on any atom is 0.311 e. The lowest BCUT2D eigenvalue weighted by Gasteiger charge is -2.28. The molecule has 3 aromatic rings. The third-order valence-corrected chi connectivity index (χ3v) is 6.10. The third kappa shape index (κ3) is 7.92. The average Bonchev–Trinajstić information content (AvgIpc) is 2.85. The smallest absolute Gasteiger partial charge is 0.311 e. The number of halogens is 1. The Bertz CT molecular complexity index is 1120. The van der Waals surface area contributed by atoms with Crippen LogP contribution in [-0.2, 0) is 27.4 Å². The standard InChI is InChI=1S/C28H30ClNO5/c1-28(19-31,27(33)34)16-25(30-26(32)18-35-17-21-6-3-2-4-7-21)14-20-10-12-22(13-11-20)23-8-5-9-24(29)15-23/h2-13,15,25,31H,14,16-19H2,1H3,(H,30,32)(H,33,34)/t25-,28+/m1/s1. The van der Waals surface area contributed by atoms with Gasteiger partial charge in [0.15, 0.2) is 0 Å². The molecule has 0 unspecified atom stereocenters. The molecule has 0 spiro atoms. The van der Waals surface area contributed by atoms with Crippen molar-refractivity contribution in [1.29, 1.82) is 0 Å². The molecule has 3 rings (SSSR count). The van der Waals surface area contributed by atoms with Gasteiger partial charge in [-0.3, -0.25) is 9.59 Å². The molecule has 3 aromatic carbocycles. The van der Waals surface area contributed by atoms with Crippen LogP contribution in [0.2, 0.25) is 5.02 Å². The predicted molar refractivity (Wildman–Crippen MR) is 136 cm³/mol. The lowest BCUT2D eigenvalue weighted by Crippen LogP contribution is -2.45. The van der Waals surface area contributed by atoms with Crippen molar-refractivity contribution in [2.45, 2.75) is 32.4 Å². The van der Waals surface area contributed by atoms with Gasteiger partial charge < -0.3 is 20.3 Å². The molecular formula is C28H30ClNO5. The van der Waals surface area contributed by atoms with Crippen LogP contribution in [0.25, 0.3) is 11.1 Å². The normalized spacial score (nSPS) is 13.6. The number of rotatable bonds is 12. The monoisotopic (exact) mass is 495 g/mol. The van der Waals surface area contributed by atoms with E-state index in [4.69, 9.17) is 16.3 Å². The molecule has 0 aliphatic heterocycles. The molecule has 3 N–H and O–H groups in total. The highest BCUT2D eigenvalue weighted by Crippen LogP contribution is 2.26. The minimum Gasteiger partial charge on any atom is -0.481 e. The Balaban J connectivity index is 1.67. The van der Waals surface area contributed by atoms with Crippen molar-refractivity contribution < 1.29 is 24.5 Å². The quantitative estimate of drug-likeness (QED) is 0.338. The van der Waals surface area contributed by atoms with E-state index in [1.165, 1.54) is 6.92 Å². The van der Waals surface area contributed by atoms with Crippen LogP contribution in [0.15, 0.2) is 78.9 Å². The summed E-state index contributed by atoms with van der Waals surface area (Å²) in [4.78, 5) is 24.4. The van der Waals surface area contributed by atoms with Gasteiger partial charge in [0, 0.05) is 11.1 Å². The number of hydrogen-bond donors (Lipinski definition) is 3. The van der Waals surface area contributed by atoms with E-state index in [2.05, 4.69) is 5.32 Å². The molecule has 35 heavy (non-hydrogen) atoms. The van der Waals surface area contributed by atoms with Crippen molar-refractivity contribution in [2.24, 2.45) is 5.41 Å². The highest BCUT2D eigenvalue weighted by atomic mass is 35.5. The van der Waals surface area contributed by atoms with Crippen molar-refractivity contribution in [3.05, 3.63) is 95.0 Å². The van der Waals surface area contributed by atoms with E-state index in [-0.39, 0.29) is 18.9 Å². The van der Waals surface area contributed by atoms with Crippen molar-refractivity contribution >= 4 is 23.5 Å². The molecule has 0 heterocycles. The molecule has 7 heteroatoms. The zero-order valence-electron chi connectivity index (χ0n) is 19.6. The van der Waals surface area contributed by atoms with Crippen LogP contribution >= 0.6 is 11.6 Å². The topological polar surface area (TPSA) is 95.9 Å². The molecule has 1 amide bonds. The van der Waals surface area contributed by atoms with Gasteiger partial charge in [0.05, 0.1) is 18.6 Å². The van der Waals surface area contributed by atoms with E-state index in [0.717, 1.165) is 22.3 Å². The molecule has 0 radical (unpaired) electrons. The van der Waals surface area contributed by atoms with Gasteiger partial charge in [-0.25, -0.2) is 0 Å². The first-order valence-corrected chi connectivity index (χ1v) is 11.8. The van der Waals surface area contributed by atoms with Crippen molar-refractivity contribution in [3.8, 4) is 11.1 Å². The van der Waals surface area contributed by atoms with Crippen LogP contribution in [0.3, 0.4) is 0 Å². The Morgan fingerprint density at radius 3 is 2.31 bits per heavy atom. The Kier molecular flexibility index (Phi) is 9.43. The number of carbonyl (C=O) groups is 2. The molecule has 0 saturated heterocycles. The number of carbonyl (C=O) groups excluding carboxylic acids is 1. The predicted octanol–water partition coefficient (Wildman–Crippen LogP) is 4.72. The minimum atomic E-state index is -1.39. The summed E-state index contributed by atoms with van der Waals surface area (Å²) < 4.78 is 5.52. The number of carboxylic acid groups (broad SMARTS) is 1. The summed E-state index contributed by atoms with van der Waals surface area (Å²) in [5.41, 5.74) is 2.48. The summed E-state index contributed by atoms with van der Waals surface area (Å²) in [7, 11) is 0. The van der Waals surface area contributed by atoms with Gasteiger partial charge in [-0.05, 0) is 54.2 Å². The zero-order valence-corrected chi connectivity index (χ0v) is 20.4. The molecule has 0 aromatic heterocycles. The third-order valence-electron chi connectivity index (χ3n) is 5.87. The number of aliphatic carboxylic acids is 1. The molecule has 6 nitrogen and oxygen atoms in total. The molecule has 0 bridgehead atoms. The summed E-state index contributed by atoms with van der Waals surface area (Å²) in [5, 5.41) is 22.9. The molecular weight excluding hydrogens is 466 g/mol. The molecule has 184 valence electrons. The van der Waals surface area contributed by atoms with Crippen LogP contribution in [-0.4, -0.2) is 41.3 Å². The number of nitrogens with one attached hydrogen (secondary N) is 1. The van der Waals surface area contributed by atoms with E-state index in [9.17, 15) is 19.8 Å². The molecule has 0 fully saturated rings. The van der Waals surface area contributed by atoms with Crippen molar-refractivity contribution in [2.75, 3.05) is 13.2 Å².